The maximum absolute atomic E-state index is 12.6. The highest BCUT2D eigenvalue weighted by atomic mass is 16.5. The molecule has 32 heavy (non-hydrogen) atoms. The van der Waals surface area contributed by atoms with Crippen LogP contribution in [0.5, 0.6) is 11.5 Å². The minimum atomic E-state index is -0.112. The highest BCUT2D eigenvalue weighted by Gasteiger charge is 2.24. The Balaban J connectivity index is 1.22. The summed E-state index contributed by atoms with van der Waals surface area (Å²) in [6.07, 6.45) is 3.44. The van der Waals surface area contributed by atoms with Gasteiger partial charge >= 0.3 is 6.03 Å². The van der Waals surface area contributed by atoms with Crippen molar-refractivity contribution in [2.45, 2.75) is 26.2 Å². The van der Waals surface area contributed by atoms with Crippen LogP contribution in [-0.4, -0.2) is 72.5 Å². The number of carbonyl (C=O) groups is 2. The number of piperidine rings is 1. The first-order valence-electron chi connectivity index (χ1n) is 11.5. The van der Waals surface area contributed by atoms with Crippen LogP contribution in [0.1, 0.15) is 24.8 Å². The fourth-order valence-corrected chi connectivity index (χ4v) is 4.17. The zero-order valence-electron chi connectivity index (χ0n) is 18.8. The smallest absolute Gasteiger partial charge is 0.321 e. The molecular formula is C25H32N4O3. The lowest BCUT2D eigenvalue weighted by Gasteiger charge is -2.36. The number of nitrogens with one attached hydrogen (secondary N) is 1. The summed E-state index contributed by atoms with van der Waals surface area (Å²) in [7, 11) is 0. The van der Waals surface area contributed by atoms with Crippen LogP contribution in [0, 0.1) is 6.92 Å². The van der Waals surface area contributed by atoms with Crippen molar-refractivity contribution in [1.29, 1.82) is 0 Å². The predicted molar refractivity (Wildman–Crippen MR) is 125 cm³/mol. The average molecular weight is 437 g/mol. The molecule has 0 aromatic heterocycles. The van der Waals surface area contributed by atoms with E-state index in [0.717, 1.165) is 61.8 Å². The van der Waals surface area contributed by atoms with E-state index in [2.05, 4.69) is 10.2 Å². The summed E-state index contributed by atoms with van der Waals surface area (Å²) in [4.78, 5) is 31.0. The molecule has 2 aliphatic heterocycles. The molecule has 2 aliphatic rings. The molecule has 170 valence electrons. The topological polar surface area (TPSA) is 65.1 Å². The molecule has 2 aromatic carbocycles. The van der Waals surface area contributed by atoms with Gasteiger partial charge < -0.3 is 19.9 Å². The normalized spacial score (nSPS) is 17.2. The van der Waals surface area contributed by atoms with Crippen LogP contribution < -0.4 is 10.1 Å². The van der Waals surface area contributed by atoms with Gasteiger partial charge in [0.15, 0.2) is 0 Å². The number of hydrogen-bond acceptors (Lipinski definition) is 4. The third-order valence-corrected chi connectivity index (χ3v) is 6.06. The Morgan fingerprint density at radius 1 is 0.844 bits per heavy atom. The molecule has 2 heterocycles. The van der Waals surface area contributed by atoms with Crippen molar-refractivity contribution in [3.8, 4) is 11.5 Å². The molecule has 0 radical (unpaired) electrons. The Labute approximate surface area is 189 Å². The lowest BCUT2D eigenvalue weighted by atomic mass is 10.1. The van der Waals surface area contributed by atoms with E-state index in [1.54, 1.807) is 4.90 Å². The molecule has 7 nitrogen and oxygen atoms in total. The lowest BCUT2D eigenvalue weighted by Crippen LogP contribution is -2.52. The molecule has 0 saturated carbocycles. The van der Waals surface area contributed by atoms with Gasteiger partial charge in [0.25, 0.3) is 0 Å². The summed E-state index contributed by atoms with van der Waals surface area (Å²) in [5.74, 6) is 1.73. The number of ether oxygens (including phenoxy) is 1. The Morgan fingerprint density at radius 2 is 1.56 bits per heavy atom. The van der Waals surface area contributed by atoms with Crippen molar-refractivity contribution in [1.82, 2.24) is 14.7 Å². The first-order valence-corrected chi connectivity index (χ1v) is 11.5. The molecule has 3 amide bonds. The third-order valence-electron chi connectivity index (χ3n) is 6.06. The number of nitrogens with zero attached hydrogens (tertiary/aromatic N) is 3. The van der Waals surface area contributed by atoms with E-state index in [1.165, 1.54) is 6.42 Å². The Hall–Kier alpha value is -3.06. The molecule has 0 spiro atoms. The van der Waals surface area contributed by atoms with E-state index >= 15 is 0 Å². The molecule has 2 fully saturated rings. The van der Waals surface area contributed by atoms with E-state index in [0.29, 0.717) is 19.6 Å². The van der Waals surface area contributed by atoms with E-state index in [1.807, 2.05) is 60.4 Å². The van der Waals surface area contributed by atoms with Gasteiger partial charge in [0.1, 0.15) is 11.5 Å². The van der Waals surface area contributed by atoms with E-state index in [4.69, 9.17) is 4.74 Å². The van der Waals surface area contributed by atoms with Gasteiger partial charge in [-0.2, -0.15) is 0 Å². The van der Waals surface area contributed by atoms with Crippen molar-refractivity contribution >= 4 is 17.6 Å². The van der Waals surface area contributed by atoms with E-state index in [-0.39, 0.29) is 11.9 Å². The summed E-state index contributed by atoms with van der Waals surface area (Å²) in [6, 6.07) is 15.2. The molecule has 0 unspecified atom stereocenters. The number of piperazine rings is 1. The van der Waals surface area contributed by atoms with Gasteiger partial charge in [-0.25, -0.2) is 4.79 Å². The molecule has 0 atom stereocenters. The molecule has 0 bridgehead atoms. The number of urea groups is 1. The van der Waals surface area contributed by atoms with Gasteiger partial charge in [-0.3, -0.25) is 9.69 Å². The van der Waals surface area contributed by atoms with Crippen LogP contribution in [0.25, 0.3) is 0 Å². The molecule has 1 N–H and O–H groups in total. The van der Waals surface area contributed by atoms with Crippen LogP contribution >= 0.6 is 0 Å². The summed E-state index contributed by atoms with van der Waals surface area (Å²) in [5.41, 5.74) is 1.87. The number of likely N-dealkylation sites (tertiary alicyclic amines) is 1. The maximum atomic E-state index is 12.6. The van der Waals surface area contributed by atoms with Crippen LogP contribution in [0.4, 0.5) is 10.5 Å². The second-order valence-electron chi connectivity index (χ2n) is 8.58. The molecule has 2 aromatic rings. The van der Waals surface area contributed by atoms with Gasteiger partial charge in [-0.1, -0.05) is 12.1 Å². The van der Waals surface area contributed by atoms with Crippen molar-refractivity contribution in [2.24, 2.45) is 0 Å². The van der Waals surface area contributed by atoms with Crippen LogP contribution in [0.2, 0.25) is 0 Å². The fourth-order valence-electron chi connectivity index (χ4n) is 4.17. The van der Waals surface area contributed by atoms with Gasteiger partial charge in [-0.15, -0.1) is 0 Å². The number of carbonyl (C=O) groups excluding carboxylic acids is 2. The van der Waals surface area contributed by atoms with E-state index < -0.39 is 0 Å². The number of aryl methyl sites for hydroxylation is 1. The minimum Gasteiger partial charge on any atom is -0.457 e. The van der Waals surface area contributed by atoms with Crippen LogP contribution in [0.15, 0.2) is 48.5 Å². The van der Waals surface area contributed by atoms with Gasteiger partial charge in [0, 0.05) is 45.0 Å². The molecule has 0 aliphatic carbocycles. The minimum absolute atomic E-state index is 0.112. The van der Waals surface area contributed by atoms with Gasteiger partial charge in [-0.05, 0) is 68.1 Å². The quantitative estimate of drug-likeness (QED) is 0.771. The molecule has 2 saturated heterocycles. The SMILES string of the molecule is Cc1cccc(Oc2ccc(NC(=O)N3CCN(CC(=O)N4CCCCC4)CC3)cc2)c1. The van der Waals surface area contributed by atoms with Gasteiger partial charge in [0.05, 0.1) is 6.54 Å². The zero-order valence-corrected chi connectivity index (χ0v) is 18.8. The summed E-state index contributed by atoms with van der Waals surface area (Å²) in [6.45, 7) is 6.93. The average Bonchev–Trinajstić information content (AvgIpc) is 2.81. The summed E-state index contributed by atoms with van der Waals surface area (Å²) in [5, 5.41) is 2.96. The van der Waals surface area contributed by atoms with Gasteiger partial charge in [0.2, 0.25) is 5.91 Å². The summed E-state index contributed by atoms with van der Waals surface area (Å²) >= 11 is 0. The highest BCUT2D eigenvalue weighted by Crippen LogP contribution is 2.24. The van der Waals surface area contributed by atoms with Crippen LogP contribution in [0.3, 0.4) is 0 Å². The van der Waals surface area contributed by atoms with Crippen molar-refractivity contribution in [2.75, 3.05) is 51.1 Å². The number of amides is 3. The number of benzene rings is 2. The second-order valence-corrected chi connectivity index (χ2v) is 8.58. The van der Waals surface area contributed by atoms with Crippen molar-refractivity contribution in [3.05, 3.63) is 54.1 Å². The standard InChI is InChI=1S/C25H32N4O3/c1-20-6-5-7-23(18-20)32-22-10-8-21(9-11-22)26-25(31)29-16-14-27(15-17-29)19-24(30)28-12-3-2-4-13-28/h5-11,18H,2-4,12-17,19H2,1H3,(H,26,31). The Kier molecular flexibility index (Phi) is 7.27. The summed E-state index contributed by atoms with van der Waals surface area (Å²) < 4.78 is 5.86. The van der Waals surface area contributed by atoms with E-state index in [9.17, 15) is 9.59 Å². The first-order chi connectivity index (χ1) is 15.6. The predicted octanol–water partition coefficient (Wildman–Crippen LogP) is 3.95. The number of rotatable bonds is 5. The maximum Gasteiger partial charge on any atom is 0.321 e. The van der Waals surface area contributed by atoms with Crippen molar-refractivity contribution < 1.29 is 14.3 Å². The monoisotopic (exact) mass is 436 g/mol. The van der Waals surface area contributed by atoms with Crippen molar-refractivity contribution in [3.63, 3.8) is 0 Å². The fraction of sp³-hybridized carbons (Fsp3) is 0.440. The Bertz CT molecular complexity index is 917. The highest BCUT2D eigenvalue weighted by molar-refractivity contribution is 5.89. The lowest BCUT2D eigenvalue weighted by molar-refractivity contribution is -0.133. The zero-order chi connectivity index (χ0) is 22.3. The number of hydrogen-bond donors (Lipinski definition) is 1. The second kappa shape index (κ2) is 10.5. The molecular weight excluding hydrogens is 404 g/mol. The molecule has 7 heteroatoms. The Morgan fingerprint density at radius 3 is 2.25 bits per heavy atom. The largest absolute Gasteiger partial charge is 0.457 e. The third kappa shape index (κ3) is 6.01. The number of anilines is 1. The van der Waals surface area contributed by atoms with Crippen LogP contribution in [-0.2, 0) is 4.79 Å². The molecule has 4 rings (SSSR count). The first kappa shape index (κ1) is 22.1.